The van der Waals surface area contributed by atoms with Gasteiger partial charge in [-0.15, -0.1) is 11.3 Å². The molecule has 1 aromatic heterocycles. The van der Waals surface area contributed by atoms with Crippen LogP contribution >= 0.6 is 11.3 Å². The molecule has 0 aliphatic rings. The van der Waals surface area contributed by atoms with E-state index in [1.165, 1.54) is 11.3 Å². The first kappa shape index (κ1) is 9.00. The smallest absolute Gasteiger partial charge is 0.135 e. The van der Waals surface area contributed by atoms with Gasteiger partial charge in [0, 0.05) is 10.1 Å². The maximum absolute atomic E-state index is 9.48. The summed E-state index contributed by atoms with van der Waals surface area (Å²) in [6.07, 6.45) is 0. The van der Waals surface area contributed by atoms with Gasteiger partial charge in [-0.05, 0) is 17.7 Å². The van der Waals surface area contributed by atoms with Gasteiger partial charge in [0.25, 0.3) is 0 Å². The van der Waals surface area contributed by atoms with Crippen LogP contribution in [0, 0.1) is 11.3 Å². The average molecular weight is 205 g/mol. The minimum atomic E-state index is -0.0940. The van der Waals surface area contributed by atoms with E-state index < -0.39 is 0 Å². The van der Waals surface area contributed by atoms with E-state index in [-0.39, 0.29) is 12.4 Å². The number of hydrogen-bond acceptors (Lipinski definition) is 4. The van der Waals surface area contributed by atoms with E-state index in [0.717, 1.165) is 4.70 Å². The van der Waals surface area contributed by atoms with Crippen molar-refractivity contribution in [3.63, 3.8) is 0 Å². The number of aliphatic hydroxyl groups excluding tert-OH is 1. The minimum Gasteiger partial charge on any atom is -0.506 e. The molecule has 4 heteroatoms. The van der Waals surface area contributed by atoms with Crippen molar-refractivity contribution in [2.45, 2.75) is 6.61 Å². The second-order valence-corrected chi connectivity index (χ2v) is 3.82. The Balaban J connectivity index is 2.84. The molecule has 1 aromatic carbocycles. The van der Waals surface area contributed by atoms with Crippen LogP contribution in [0.15, 0.2) is 17.5 Å². The Morgan fingerprint density at radius 2 is 2.21 bits per heavy atom. The molecule has 0 unspecified atom stereocenters. The van der Waals surface area contributed by atoms with Crippen LogP contribution in [0.3, 0.4) is 0 Å². The number of aliphatic hydroxyl groups is 1. The van der Waals surface area contributed by atoms with E-state index in [9.17, 15) is 5.11 Å². The van der Waals surface area contributed by atoms with Gasteiger partial charge in [-0.3, -0.25) is 0 Å². The van der Waals surface area contributed by atoms with E-state index in [4.69, 9.17) is 10.4 Å². The third kappa shape index (κ3) is 1.23. The van der Waals surface area contributed by atoms with Crippen LogP contribution in [-0.2, 0) is 6.61 Å². The van der Waals surface area contributed by atoms with Crippen LogP contribution in [0.5, 0.6) is 5.75 Å². The van der Waals surface area contributed by atoms with Crippen LogP contribution < -0.4 is 0 Å². The Bertz CT molecular complexity index is 525. The van der Waals surface area contributed by atoms with Crippen molar-refractivity contribution in [1.82, 2.24) is 0 Å². The molecule has 0 spiro atoms. The lowest BCUT2D eigenvalue weighted by atomic mass is 10.1. The molecule has 0 atom stereocenters. The van der Waals surface area contributed by atoms with Crippen LogP contribution in [0.25, 0.3) is 10.1 Å². The number of nitrogens with zero attached hydrogens (tertiary/aromatic N) is 1. The standard InChI is InChI=1S/C10H7NO2S/c11-3-7-1-6(4-12)2-9-10(7)8(13)5-14-9/h1-2,5,12-13H,4H2. The van der Waals surface area contributed by atoms with E-state index in [1.54, 1.807) is 17.5 Å². The molecular formula is C10H7NO2S. The number of thiophene rings is 1. The third-order valence-corrected chi connectivity index (χ3v) is 2.94. The van der Waals surface area contributed by atoms with E-state index in [0.29, 0.717) is 16.5 Å². The molecule has 14 heavy (non-hydrogen) atoms. The van der Waals surface area contributed by atoms with Crippen LogP contribution in [0.2, 0.25) is 0 Å². The van der Waals surface area contributed by atoms with E-state index in [2.05, 4.69) is 0 Å². The van der Waals surface area contributed by atoms with Gasteiger partial charge >= 0.3 is 0 Å². The summed E-state index contributed by atoms with van der Waals surface area (Å²) in [7, 11) is 0. The van der Waals surface area contributed by atoms with Gasteiger partial charge in [0.1, 0.15) is 5.75 Å². The highest BCUT2D eigenvalue weighted by molar-refractivity contribution is 7.17. The molecule has 0 bridgehead atoms. The fourth-order valence-corrected chi connectivity index (χ4v) is 2.30. The van der Waals surface area contributed by atoms with Crippen molar-refractivity contribution in [3.8, 4) is 11.8 Å². The maximum atomic E-state index is 9.48. The maximum Gasteiger partial charge on any atom is 0.135 e. The Hall–Kier alpha value is -1.57. The number of aromatic hydroxyl groups is 1. The molecule has 3 nitrogen and oxygen atoms in total. The zero-order valence-corrected chi connectivity index (χ0v) is 8.01. The summed E-state index contributed by atoms with van der Waals surface area (Å²) in [5.74, 6) is 0.131. The van der Waals surface area contributed by atoms with Crippen LogP contribution in [0.4, 0.5) is 0 Å². The number of rotatable bonds is 1. The minimum absolute atomic E-state index is 0.0940. The fraction of sp³-hybridized carbons (Fsp3) is 0.100. The van der Waals surface area contributed by atoms with Gasteiger partial charge in [-0.2, -0.15) is 5.26 Å². The molecule has 1 heterocycles. The van der Waals surface area contributed by atoms with Crippen molar-refractivity contribution in [3.05, 3.63) is 28.6 Å². The highest BCUT2D eigenvalue weighted by atomic mass is 32.1. The molecule has 2 N–H and O–H groups in total. The average Bonchev–Trinajstić information content (AvgIpc) is 2.59. The summed E-state index contributed by atoms with van der Waals surface area (Å²) < 4.78 is 0.825. The van der Waals surface area contributed by atoms with E-state index >= 15 is 0 Å². The summed E-state index contributed by atoms with van der Waals surface area (Å²) in [6.45, 7) is -0.0940. The SMILES string of the molecule is N#Cc1cc(CO)cc2scc(O)c12. The van der Waals surface area contributed by atoms with Gasteiger partial charge < -0.3 is 10.2 Å². The number of nitriles is 1. The zero-order chi connectivity index (χ0) is 10.1. The Morgan fingerprint density at radius 1 is 1.43 bits per heavy atom. The molecule has 0 aliphatic carbocycles. The van der Waals surface area contributed by atoms with Crippen LogP contribution in [-0.4, -0.2) is 10.2 Å². The molecule has 2 rings (SSSR count). The van der Waals surface area contributed by atoms with Gasteiger partial charge in [0.15, 0.2) is 0 Å². The number of benzene rings is 1. The van der Waals surface area contributed by atoms with E-state index in [1.807, 2.05) is 6.07 Å². The summed E-state index contributed by atoms with van der Waals surface area (Å²) in [5, 5.41) is 29.5. The molecular weight excluding hydrogens is 198 g/mol. The molecule has 0 saturated carbocycles. The quantitative estimate of drug-likeness (QED) is 0.748. The largest absolute Gasteiger partial charge is 0.506 e. The van der Waals surface area contributed by atoms with Gasteiger partial charge in [0.05, 0.1) is 23.6 Å². The molecule has 0 radical (unpaired) electrons. The number of fused-ring (bicyclic) bond motifs is 1. The first-order chi connectivity index (χ1) is 6.76. The Labute approximate surface area is 84.5 Å². The summed E-state index contributed by atoms with van der Waals surface area (Å²) >= 11 is 1.36. The lowest BCUT2D eigenvalue weighted by Gasteiger charge is -1.99. The molecule has 2 aromatic rings. The third-order valence-electron chi connectivity index (χ3n) is 2.02. The summed E-state index contributed by atoms with van der Waals surface area (Å²) in [4.78, 5) is 0. The molecule has 0 saturated heterocycles. The predicted octanol–water partition coefficient (Wildman–Crippen LogP) is 1.97. The van der Waals surface area contributed by atoms with Gasteiger partial charge in [-0.1, -0.05) is 0 Å². The monoisotopic (exact) mass is 205 g/mol. The molecule has 0 fully saturated rings. The first-order valence-electron chi connectivity index (χ1n) is 4.00. The van der Waals surface area contributed by atoms with Crippen molar-refractivity contribution in [2.24, 2.45) is 0 Å². The number of hydrogen-bond donors (Lipinski definition) is 2. The molecule has 0 amide bonds. The lowest BCUT2D eigenvalue weighted by Crippen LogP contribution is -1.85. The molecule has 70 valence electrons. The second-order valence-electron chi connectivity index (χ2n) is 2.91. The second kappa shape index (κ2) is 3.29. The van der Waals surface area contributed by atoms with Gasteiger partial charge in [0.2, 0.25) is 0 Å². The predicted molar refractivity (Wildman–Crippen MR) is 54.1 cm³/mol. The topological polar surface area (TPSA) is 64.2 Å². The normalized spacial score (nSPS) is 10.3. The highest BCUT2D eigenvalue weighted by Crippen LogP contribution is 2.34. The summed E-state index contributed by atoms with van der Waals surface area (Å²) in [6, 6.07) is 5.38. The van der Waals surface area contributed by atoms with Crippen LogP contribution in [0.1, 0.15) is 11.1 Å². The highest BCUT2D eigenvalue weighted by Gasteiger charge is 2.09. The summed E-state index contributed by atoms with van der Waals surface area (Å²) in [5.41, 5.74) is 1.10. The molecule has 0 aliphatic heterocycles. The first-order valence-corrected chi connectivity index (χ1v) is 4.88. The van der Waals surface area contributed by atoms with Crippen molar-refractivity contribution in [1.29, 1.82) is 5.26 Å². The van der Waals surface area contributed by atoms with Gasteiger partial charge in [-0.25, -0.2) is 0 Å². The van der Waals surface area contributed by atoms with Crippen molar-refractivity contribution in [2.75, 3.05) is 0 Å². The lowest BCUT2D eigenvalue weighted by molar-refractivity contribution is 0.282. The van der Waals surface area contributed by atoms with Crippen molar-refractivity contribution < 1.29 is 10.2 Å². The Morgan fingerprint density at radius 3 is 2.86 bits per heavy atom. The zero-order valence-electron chi connectivity index (χ0n) is 7.19. The van der Waals surface area contributed by atoms with Crippen molar-refractivity contribution >= 4 is 21.4 Å². The fourth-order valence-electron chi connectivity index (χ4n) is 1.39. The Kier molecular flexibility index (Phi) is 2.12.